The number of para-hydroxylation sites is 1. The van der Waals surface area contributed by atoms with Crippen molar-refractivity contribution in [1.82, 2.24) is 19.9 Å². The van der Waals surface area contributed by atoms with Gasteiger partial charge in [0.25, 0.3) is 0 Å². The molecule has 4 aromatic rings. The summed E-state index contributed by atoms with van der Waals surface area (Å²) in [6.45, 7) is 13.9. The molecular weight excluding hydrogens is 363 g/mol. The zero-order valence-electron chi connectivity index (χ0n) is 18.3. The quantitative estimate of drug-likeness (QED) is 0.372. The number of rotatable bonds is 1. The fourth-order valence-electron chi connectivity index (χ4n) is 3.07. The molecule has 4 nitrogen and oxygen atoms in total. The molecule has 0 atom stereocenters. The number of benzene rings is 2. The van der Waals surface area contributed by atoms with Crippen LogP contribution in [-0.2, 0) is 0 Å². The van der Waals surface area contributed by atoms with Gasteiger partial charge in [0.05, 0.1) is 16.7 Å². The summed E-state index contributed by atoms with van der Waals surface area (Å²) >= 11 is 0. The summed E-state index contributed by atoms with van der Waals surface area (Å²) in [6, 6.07) is 12.7. The standard InChI is InChI=1S/C12H13FN2.C10H10N2.C2H6/c1-7(2)12-10-5-4-9(13)6-11(10)14-8(3)15-12;1-7-9-5-3-4-6-10(9)12-8(2)11-7;1-2/h4-7H,1-3H3;3-6H,1-2H3;1-2H3. The molecule has 0 aliphatic heterocycles. The average molecular weight is 393 g/mol. The minimum atomic E-state index is -0.254. The lowest BCUT2D eigenvalue weighted by molar-refractivity contribution is 0.629. The summed E-state index contributed by atoms with van der Waals surface area (Å²) in [4.78, 5) is 17.2. The van der Waals surface area contributed by atoms with E-state index in [1.807, 2.05) is 58.9 Å². The first kappa shape index (κ1) is 22.3. The smallest absolute Gasteiger partial charge is 0.126 e. The van der Waals surface area contributed by atoms with Crippen LogP contribution in [0.25, 0.3) is 21.8 Å². The Balaban J connectivity index is 0.000000194. The van der Waals surface area contributed by atoms with Gasteiger partial charge in [-0.3, -0.25) is 0 Å². The van der Waals surface area contributed by atoms with Crippen LogP contribution >= 0.6 is 0 Å². The lowest BCUT2D eigenvalue weighted by atomic mass is 10.0. The Morgan fingerprint density at radius 3 is 2.03 bits per heavy atom. The molecule has 0 radical (unpaired) electrons. The fraction of sp³-hybridized carbons (Fsp3) is 0.333. The van der Waals surface area contributed by atoms with Crippen molar-refractivity contribution >= 4 is 21.8 Å². The highest BCUT2D eigenvalue weighted by molar-refractivity contribution is 5.81. The number of aromatic nitrogens is 4. The van der Waals surface area contributed by atoms with E-state index in [4.69, 9.17) is 0 Å². The molecule has 4 rings (SSSR count). The van der Waals surface area contributed by atoms with Crippen LogP contribution in [0.3, 0.4) is 0 Å². The first-order valence-corrected chi connectivity index (χ1v) is 9.99. The molecule has 0 aliphatic rings. The van der Waals surface area contributed by atoms with Crippen molar-refractivity contribution in [2.24, 2.45) is 0 Å². The predicted molar refractivity (Wildman–Crippen MR) is 119 cm³/mol. The summed E-state index contributed by atoms with van der Waals surface area (Å²) in [5, 5.41) is 2.08. The Labute approximate surface area is 172 Å². The molecule has 0 N–H and O–H groups in total. The highest BCUT2D eigenvalue weighted by Gasteiger charge is 2.09. The molecule has 5 heteroatoms. The molecule has 2 aromatic carbocycles. The SMILES string of the molecule is CC.Cc1nc(C(C)C)c2ccc(F)cc2n1.Cc1nc(C)c2ccccc2n1. The van der Waals surface area contributed by atoms with Crippen molar-refractivity contribution in [2.45, 2.75) is 54.4 Å². The Morgan fingerprint density at radius 2 is 1.34 bits per heavy atom. The Bertz CT molecular complexity index is 1100. The molecule has 0 bridgehead atoms. The van der Waals surface area contributed by atoms with Crippen LogP contribution in [-0.4, -0.2) is 19.9 Å². The summed E-state index contributed by atoms with van der Waals surface area (Å²) in [5.41, 5.74) is 3.75. The maximum Gasteiger partial charge on any atom is 0.126 e. The van der Waals surface area contributed by atoms with Gasteiger partial charge in [0, 0.05) is 22.5 Å². The van der Waals surface area contributed by atoms with Gasteiger partial charge in [-0.15, -0.1) is 0 Å². The van der Waals surface area contributed by atoms with Crippen LogP contribution < -0.4 is 0 Å². The topological polar surface area (TPSA) is 51.6 Å². The highest BCUT2D eigenvalue weighted by atomic mass is 19.1. The normalized spacial score (nSPS) is 10.4. The summed E-state index contributed by atoms with van der Waals surface area (Å²) in [6.07, 6.45) is 0. The van der Waals surface area contributed by atoms with E-state index in [9.17, 15) is 4.39 Å². The molecular formula is C24H29FN4. The largest absolute Gasteiger partial charge is 0.238 e. The van der Waals surface area contributed by atoms with E-state index in [2.05, 4.69) is 33.8 Å². The van der Waals surface area contributed by atoms with Crippen LogP contribution in [0.5, 0.6) is 0 Å². The molecule has 0 amide bonds. The summed E-state index contributed by atoms with van der Waals surface area (Å²) in [5.74, 6) is 1.60. The molecule has 152 valence electrons. The van der Waals surface area contributed by atoms with Gasteiger partial charge in [-0.25, -0.2) is 24.3 Å². The summed E-state index contributed by atoms with van der Waals surface area (Å²) < 4.78 is 13.0. The number of nitrogens with zero attached hydrogens (tertiary/aromatic N) is 4. The second-order valence-corrected chi connectivity index (χ2v) is 6.85. The predicted octanol–water partition coefficient (Wildman–Crippen LogP) is 6.47. The fourth-order valence-corrected chi connectivity index (χ4v) is 3.07. The van der Waals surface area contributed by atoms with Crippen molar-refractivity contribution in [2.75, 3.05) is 0 Å². The van der Waals surface area contributed by atoms with E-state index in [1.54, 1.807) is 6.07 Å². The molecule has 0 unspecified atom stereocenters. The van der Waals surface area contributed by atoms with E-state index < -0.39 is 0 Å². The number of hydrogen-bond acceptors (Lipinski definition) is 4. The van der Waals surface area contributed by atoms with E-state index in [1.165, 1.54) is 12.1 Å². The monoisotopic (exact) mass is 392 g/mol. The van der Waals surface area contributed by atoms with Crippen LogP contribution in [0.2, 0.25) is 0 Å². The molecule has 0 saturated carbocycles. The van der Waals surface area contributed by atoms with Gasteiger partial charge in [-0.05, 0) is 44.9 Å². The lowest BCUT2D eigenvalue weighted by Gasteiger charge is -2.09. The zero-order chi connectivity index (χ0) is 21.6. The van der Waals surface area contributed by atoms with Gasteiger partial charge >= 0.3 is 0 Å². The van der Waals surface area contributed by atoms with E-state index >= 15 is 0 Å². The first-order chi connectivity index (χ1) is 13.8. The molecule has 0 aliphatic carbocycles. The van der Waals surface area contributed by atoms with Gasteiger partial charge in [0.2, 0.25) is 0 Å². The number of aryl methyl sites for hydroxylation is 3. The molecule has 2 aromatic heterocycles. The third-order valence-electron chi connectivity index (χ3n) is 4.25. The third-order valence-corrected chi connectivity index (χ3v) is 4.25. The van der Waals surface area contributed by atoms with Gasteiger partial charge in [-0.2, -0.15) is 0 Å². The van der Waals surface area contributed by atoms with Gasteiger partial charge in [0.1, 0.15) is 17.5 Å². The van der Waals surface area contributed by atoms with Crippen LogP contribution in [0, 0.1) is 26.6 Å². The Morgan fingerprint density at radius 1 is 0.724 bits per heavy atom. The molecule has 0 spiro atoms. The molecule has 0 saturated heterocycles. The van der Waals surface area contributed by atoms with Gasteiger partial charge in [-0.1, -0.05) is 45.9 Å². The second kappa shape index (κ2) is 10.0. The average Bonchev–Trinajstić information content (AvgIpc) is 2.69. The Kier molecular flexibility index (Phi) is 7.71. The van der Waals surface area contributed by atoms with E-state index in [0.29, 0.717) is 17.3 Å². The van der Waals surface area contributed by atoms with E-state index in [-0.39, 0.29) is 5.82 Å². The minimum Gasteiger partial charge on any atom is -0.238 e. The van der Waals surface area contributed by atoms with Crippen LogP contribution in [0.15, 0.2) is 42.5 Å². The molecule has 2 heterocycles. The lowest BCUT2D eigenvalue weighted by Crippen LogP contribution is -1.99. The van der Waals surface area contributed by atoms with Crippen molar-refractivity contribution in [1.29, 1.82) is 0 Å². The van der Waals surface area contributed by atoms with Crippen LogP contribution in [0.1, 0.15) is 56.6 Å². The van der Waals surface area contributed by atoms with Gasteiger partial charge < -0.3 is 0 Å². The first-order valence-electron chi connectivity index (χ1n) is 9.99. The second-order valence-electron chi connectivity index (χ2n) is 6.85. The summed E-state index contributed by atoms with van der Waals surface area (Å²) in [7, 11) is 0. The minimum absolute atomic E-state index is 0.254. The van der Waals surface area contributed by atoms with Gasteiger partial charge in [0.15, 0.2) is 0 Å². The molecule has 0 fully saturated rings. The zero-order valence-corrected chi connectivity index (χ0v) is 18.3. The molecule has 29 heavy (non-hydrogen) atoms. The maximum atomic E-state index is 13.0. The maximum absolute atomic E-state index is 13.0. The van der Waals surface area contributed by atoms with Crippen molar-refractivity contribution in [3.8, 4) is 0 Å². The number of fused-ring (bicyclic) bond motifs is 2. The van der Waals surface area contributed by atoms with Crippen molar-refractivity contribution in [3.63, 3.8) is 0 Å². The third kappa shape index (κ3) is 5.53. The van der Waals surface area contributed by atoms with Crippen LogP contribution in [0.4, 0.5) is 4.39 Å². The van der Waals surface area contributed by atoms with E-state index in [0.717, 1.165) is 33.5 Å². The number of hydrogen-bond donors (Lipinski definition) is 0. The highest BCUT2D eigenvalue weighted by Crippen LogP contribution is 2.23. The number of halogens is 1. The van der Waals surface area contributed by atoms with Crippen molar-refractivity contribution in [3.05, 3.63) is 71.3 Å². The Hall–Kier alpha value is -2.95. The van der Waals surface area contributed by atoms with Crippen molar-refractivity contribution < 1.29 is 4.39 Å².